The molecule has 0 unspecified atom stereocenters. The van der Waals surface area contributed by atoms with Gasteiger partial charge in [-0.1, -0.05) is 0 Å². The number of hydrogen-bond acceptors (Lipinski definition) is 5. The third-order valence-electron chi connectivity index (χ3n) is 4.01. The molecule has 2 N–H and O–H groups in total. The molecule has 0 bridgehead atoms. The molecule has 20 heavy (non-hydrogen) atoms. The van der Waals surface area contributed by atoms with Gasteiger partial charge in [0.25, 0.3) is 0 Å². The molecule has 1 aromatic rings. The number of rotatable bonds is 5. The van der Waals surface area contributed by atoms with Gasteiger partial charge in [0, 0.05) is 57.6 Å². The van der Waals surface area contributed by atoms with Crippen molar-refractivity contribution in [2.75, 3.05) is 58.3 Å². The summed E-state index contributed by atoms with van der Waals surface area (Å²) in [7, 11) is 4.25. The van der Waals surface area contributed by atoms with E-state index in [1.54, 1.807) is 0 Å². The first-order valence-corrected chi connectivity index (χ1v) is 7.38. The Morgan fingerprint density at radius 3 is 2.55 bits per heavy atom. The van der Waals surface area contributed by atoms with Crippen LogP contribution in [0.25, 0.3) is 0 Å². The Hall–Kier alpha value is -1.17. The lowest BCUT2D eigenvalue weighted by molar-refractivity contribution is 0.229. The van der Waals surface area contributed by atoms with E-state index in [-0.39, 0.29) is 0 Å². The molecular formula is C15H27N5. The highest BCUT2D eigenvalue weighted by molar-refractivity contribution is 5.50. The number of aromatic nitrogens is 1. The Kier molecular flexibility index (Phi) is 5.34. The van der Waals surface area contributed by atoms with E-state index < -0.39 is 0 Å². The quantitative estimate of drug-likeness (QED) is 0.851. The molecule has 0 atom stereocenters. The second-order valence-corrected chi connectivity index (χ2v) is 5.77. The Bertz CT molecular complexity index is 424. The van der Waals surface area contributed by atoms with Gasteiger partial charge in [-0.2, -0.15) is 0 Å². The second kappa shape index (κ2) is 7.02. The van der Waals surface area contributed by atoms with Crippen molar-refractivity contribution >= 4 is 5.82 Å². The van der Waals surface area contributed by atoms with Crippen LogP contribution in [0, 0.1) is 6.92 Å². The number of anilines is 1. The van der Waals surface area contributed by atoms with Crippen LogP contribution in [0.3, 0.4) is 0 Å². The highest BCUT2D eigenvalue weighted by atomic mass is 15.3. The molecule has 1 aliphatic heterocycles. The van der Waals surface area contributed by atoms with Crippen molar-refractivity contribution in [2.24, 2.45) is 5.73 Å². The summed E-state index contributed by atoms with van der Waals surface area (Å²) in [6, 6.07) is 2.04. The van der Waals surface area contributed by atoms with Gasteiger partial charge in [0.1, 0.15) is 5.82 Å². The molecule has 0 radical (unpaired) electrons. The predicted octanol–water partition coefficient (Wildman–Crippen LogP) is 0.532. The molecule has 5 heteroatoms. The fourth-order valence-electron chi connectivity index (χ4n) is 2.62. The van der Waals surface area contributed by atoms with Crippen LogP contribution in [0.5, 0.6) is 0 Å². The van der Waals surface area contributed by atoms with Crippen LogP contribution in [-0.2, 0) is 6.54 Å². The lowest BCUT2D eigenvalue weighted by Gasteiger charge is -2.36. The highest BCUT2D eigenvalue weighted by Gasteiger charge is 2.20. The first-order valence-electron chi connectivity index (χ1n) is 7.38. The lowest BCUT2D eigenvalue weighted by atomic mass is 10.1. The minimum Gasteiger partial charge on any atom is -0.354 e. The van der Waals surface area contributed by atoms with E-state index in [0.717, 1.165) is 45.1 Å². The standard InChI is InChI=1S/C15H27N5/c1-13-4-5-17-15(14(13)12-16)20-10-8-19(9-11-20)7-6-18(2)3/h4-5H,6-12,16H2,1-3H3. The van der Waals surface area contributed by atoms with Gasteiger partial charge in [-0.3, -0.25) is 4.90 Å². The van der Waals surface area contributed by atoms with E-state index in [1.807, 2.05) is 12.3 Å². The number of nitrogens with two attached hydrogens (primary N) is 1. The maximum Gasteiger partial charge on any atom is 0.133 e. The smallest absolute Gasteiger partial charge is 0.133 e. The summed E-state index contributed by atoms with van der Waals surface area (Å²) in [5, 5.41) is 0. The van der Waals surface area contributed by atoms with E-state index in [9.17, 15) is 0 Å². The molecule has 2 rings (SSSR count). The van der Waals surface area contributed by atoms with Gasteiger partial charge >= 0.3 is 0 Å². The van der Waals surface area contributed by atoms with Crippen molar-refractivity contribution < 1.29 is 0 Å². The van der Waals surface area contributed by atoms with Gasteiger partial charge < -0.3 is 15.5 Å². The summed E-state index contributed by atoms with van der Waals surface area (Å²) in [6.45, 7) is 9.23. The molecule has 1 aromatic heterocycles. The summed E-state index contributed by atoms with van der Waals surface area (Å²) in [5.41, 5.74) is 8.32. The Balaban J connectivity index is 1.95. The van der Waals surface area contributed by atoms with Crippen LogP contribution < -0.4 is 10.6 Å². The number of nitrogens with zero attached hydrogens (tertiary/aromatic N) is 4. The Morgan fingerprint density at radius 2 is 1.95 bits per heavy atom. The molecule has 0 aliphatic carbocycles. The van der Waals surface area contributed by atoms with Crippen molar-refractivity contribution in [1.29, 1.82) is 0 Å². The molecule has 112 valence electrons. The molecule has 0 saturated carbocycles. The van der Waals surface area contributed by atoms with E-state index in [0.29, 0.717) is 6.54 Å². The van der Waals surface area contributed by atoms with E-state index in [2.05, 4.69) is 40.7 Å². The van der Waals surface area contributed by atoms with Crippen molar-refractivity contribution in [1.82, 2.24) is 14.8 Å². The zero-order valence-electron chi connectivity index (χ0n) is 13.0. The van der Waals surface area contributed by atoms with Crippen LogP contribution in [0.4, 0.5) is 5.82 Å². The average molecular weight is 277 g/mol. The number of aryl methyl sites for hydroxylation is 1. The van der Waals surface area contributed by atoms with Crippen molar-refractivity contribution in [3.05, 3.63) is 23.4 Å². The van der Waals surface area contributed by atoms with Crippen LogP contribution in [-0.4, -0.2) is 68.1 Å². The normalized spacial score (nSPS) is 16.9. The number of likely N-dealkylation sites (N-methyl/N-ethyl adjacent to an activating group) is 1. The zero-order valence-corrected chi connectivity index (χ0v) is 13.0. The molecule has 0 amide bonds. The first kappa shape index (κ1) is 15.2. The summed E-state index contributed by atoms with van der Waals surface area (Å²) in [5.74, 6) is 1.08. The van der Waals surface area contributed by atoms with Crippen molar-refractivity contribution in [3.63, 3.8) is 0 Å². The third kappa shape index (κ3) is 3.69. The van der Waals surface area contributed by atoms with Gasteiger partial charge in [0.15, 0.2) is 0 Å². The minimum atomic E-state index is 0.565. The molecular weight excluding hydrogens is 250 g/mol. The number of pyridine rings is 1. The van der Waals surface area contributed by atoms with Crippen LogP contribution in [0.15, 0.2) is 12.3 Å². The molecule has 0 aromatic carbocycles. The lowest BCUT2D eigenvalue weighted by Crippen LogP contribution is -2.48. The van der Waals surface area contributed by atoms with Gasteiger partial charge in [0.2, 0.25) is 0 Å². The second-order valence-electron chi connectivity index (χ2n) is 5.77. The molecule has 1 fully saturated rings. The largest absolute Gasteiger partial charge is 0.354 e. The van der Waals surface area contributed by atoms with Crippen LogP contribution >= 0.6 is 0 Å². The summed E-state index contributed by atoms with van der Waals surface area (Å²) in [4.78, 5) is 11.7. The van der Waals surface area contributed by atoms with Gasteiger partial charge in [-0.15, -0.1) is 0 Å². The van der Waals surface area contributed by atoms with Gasteiger partial charge in [0.05, 0.1) is 0 Å². The van der Waals surface area contributed by atoms with Crippen LogP contribution in [0.1, 0.15) is 11.1 Å². The Morgan fingerprint density at radius 1 is 1.25 bits per heavy atom. The highest BCUT2D eigenvalue weighted by Crippen LogP contribution is 2.21. The first-order chi connectivity index (χ1) is 9.61. The van der Waals surface area contributed by atoms with E-state index in [4.69, 9.17) is 5.73 Å². The summed E-state index contributed by atoms with van der Waals surface area (Å²) < 4.78 is 0. The topological polar surface area (TPSA) is 48.6 Å². The molecule has 5 nitrogen and oxygen atoms in total. The average Bonchev–Trinajstić information content (AvgIpc) is 2.45. The molecule has 0 spiro atoms. The number of piperazine rings is 1. The minimum absolute atomic E-state index is 0.565. The summed E-state index contributed by atoms with van der Waals surface area (Å²) >= 11 is 0. The van der Waals surface area contributed by atoms with Crippen LogP contribution in [0.2, 0.25) is 0 Å². The van der Waals surface area contributed by atoms with Crippen molar-refractivity contribution in [2.45, 2.75) is 13.5 Å². The zero-order chi connectivity index (χ0) is 14.5. The van der Waals surface area contributed by atoms with Gasteiger partial charge in [-0.25, -0.2) is 4.98 Å². The monoisotopic (exact) mass is 277 g/mol. The molecule has 2 heterocycles. The fourth-order valence-corrected chi connectivity index (χ4v) is 2.62. The SMILES string of the molecule is Cc1ccnc(N2CCN(CCN(C)C)CC2)c1CN. The van der Waals surface area contributed by atoms with E-state index >= 15 is 0 Å². The maximum absolute atomic E-state index is 5.88. The number of hydrogen-bond donors (Lipinski definition) is 1. The maximum atomic E-state index is 5.88. The Labute approximate surface area is 122 Å². The van der Waals surface area contributed by atoms with Gasteiger partial charge in [-0.05, 0) is 32.6 Å². The summed E-state index contributed by atoms with van der Waals surface area (Å²) in [6.07, 6.45) is 1.89. The van der Waals surface area contributed by atoms with Crippen molar-refractivity contribution in [3.8, 4) is 0 Å². The molecule has 1 aliphatic rings. The fraction of sp³-hybridized carbons (Fsp3) is 0.667. The predicted molar refractivity (Wildman–Crippen MR) is 84.1 cm³/mol. The molecule has 1 saturated heterocycles. The van der Waals surface area contributed by atoms with E-state index in [1.165, 1.54) is 11.1 Å². The third-order valence-corrected chi connectivity index (χ3v) is 4.01.